The van der Waals surface area contributed by atoms with Gasteiger partial charge in [-0.15, -0.1) is 0 Å². The molecule has 1 aromatic heterocycles. The first kappa shape index (κ1) is 22.8. The molecule has 0 saturated carbocycles. The summed E-state index contributed by atoms with van der Waals surface area (Å²) < 4.78 is 11.2. The van der Waals surface area contributed by atoms with Crippen molar-refractivity contribution in [2.24, 2.45) is 0 Å². The van der Waals surface area contributed by atoms with Gasteiger partial charge < -0.3 is 19.2 Å². The molecule has 0 aliphatic carbocycles. The summed E-state index contributed by atoms with van der Waals surface area (Å²) in [6.07, 6.45) is 3.58. The molecule has 3 aromatic rings. The van der Waals surface area contributed by atoms with Gasteiger partial charge >= 0.3 is 0 Å². The van der Waals surface area contributed by atoms with E-state index in [4.69, 9.17) is 9.15 Å². The van der Waals surface area contributed by atoms with E-state index < -0.39 is 5.60 Å². The SMILES string of the molecule is C/C(=C\c1ccccc1)CN1CCC(O)(c2ccc3oc(C(=O)N4CCOCC4)cc3c2)CC1. The highest BCUT2D eigenvalue weighted by molar-refractivity contribution is 5.96. The van der Waals surface area contributed by atoms with Crippen molar-refractivity contribution in [3.63, 3.8) is 0 Å². The van der Waals surface area contributed by atoms with Crippen LogP contribution in [0.1, 0.15) is 41.4 Å². The lowest BCUT2D eigenvalue weighted by molar-refractivity contribution is -0.0237. The molecule has 2 aromatic carbocycles. The van der Waals surface area contributed by atoms with Crippen LogP contribution < -0.4 is 0 Å². The van der Waals surface area contributed by atoms with Crippen LogP contribution in [0.25, 0.3) is 17.0 Å². The summed E-state index contributed by atoms with van der Waals surface area (Å²) in [5, 5.41) is 12.3. The highest BCUT2D eigenvalue weighted by Crippen LogP contribution is 2.35. The first-order valence-corrected chi connectivity index (χ1v) is 12.1. The summed E-state index contributed by atoms with van der Waals surface area (Å²) in [7, 11) is 0. The zero-order valence-electron chi connectivity index (χ0n) is 19.7. The summed E-state index contributed by atoms with van der Waals surface area (Å²) in [5.41, 5.74) is 3.22. The van der Waals surface area contributed by atoms with Crippen LogP contribution in [0, 0.1) is 0 Å². The van der Waals surface area contributed by atoms with E-state index in [1.54, 1.807) is 11.0 Å². The molecule has 2 saturated heterocycles. The zero-order valence-corrected chi connectivity index (χ0v) is 19.7. The van der Waals surface area contributed by atoms with Gasteiger partial charge in [-0.05, 0) is 49.1 Å². The van der Waals surface area contributed by atoms with Gasteiger partial charge in [-0.1, -0.05) is 48.0 Å². The quantitative estimate of drug-likeness (QED) is 0.615. The second-order valence-electron chi connectivity index (χ2n) is 9.48. The number of aliphatic hydroxyl groups is 1. The summed E-state index contributed by atoms with van der Waals surface area (Å²) >= 11 is 0. The molecule has 2 aliphatic rings. The first-order chi connectivity index (χ1) is 16.5. The number of furan rings is 1. The van der Waals surface area contributed by atoms with Gasteiger partial charge in [0.05, 0.1) is 18.8 Å². The van der Waals surface area contributed by atoms with Crippen LogP contribution in [0.15, 0.2) is 64.6 Å². The maximum absolute atomic E-state index is 12.8. The topological polar surface area (TPSA) is 66.2 Å². The molecule has 5 rings (SSSR count). The number of ether oxygens (including phenoxy) is 1. The minimum atomic E-state index is -0.868. The van der Waals surface area contributed by atoms with E-state index in [0.29, 0.717) is 50.5 Å². The number of amides is 1. The predicted molar refractivity (Wildman–Crippen MR) is 133 cm³/mol. The molecule has 0 unspecified atom stereocenters. The van der Waals surface area contributed by atoms with Gasteiger partial charge in [-0.3, -0.25) is 9.69 Å². The first-order valence-electron chi connectivity index (χ1n) is 12.1. The van der Waals surface area contributed by atoms with Crippen molar-refractivity contribution in [3.05, 3.63) is 77.1 Å². The average molecular weight is 461 g/mol. The molecule has 0 atom stereocenters. The molecule has 1 amide bonds. The Balaban J connectivity index is 1.24. The number of hydrogen-bond acceptors (Lipinski definition) is 5. The molecule has 34 heavy (non-hydrogen) atoms. The second-order valence-corrected chi connectivity index (χ2v) is 9.48. The van der Waals surface area contributed by atoms with Crippen LogP contribution in [-0.4, -0.2) is 66.8 Å². The van der Waals surface area contributed by atoms with Crippen molar-refractivity contribution in [1.29, 1.82) is 0 Å². The van der Waals surface area contributed by atoms with Crippen molar-refractivity contribution in [2.75, 3.05) is 45.9 Å². The van der Waals surface area contributed by atoms with Crippen molar-refractivity contribution in [1.82, 2.24) is 9.80 Å². The number of carbonyl (C=O) groups is 1. The molecule has 3 heterocycles. The van der Waals surface area contributed by atoms with E-state index in [2.05, 4.69) is 42.2 Å². The van der Waals surface area contributed by atoms with Crippen LogP contribution in [0.4, 0.5) is 0 Å². The fraction of sp³-hybridized carbons (Fsp3) is 0.393. The Morgan fingerprint density at radius 2 is 1.76 bits per heavy atom. The van der Waals surface area contributed by atoms with Crippen molar-refractivity contribution in [2.45, 2.75) is 25.4 Å². The lowest BCUT2D eigenvalue weighted by Gasteiger charge is -2.38. The Kier molecular flexibility index (Phi) is 6.55. The molecule has 178 valence electrons. The van der Waals surface area contributed by atoms with E-state index in [9.17, 15) is 9.90 Å². The number of morpholine rings is 1. The van der Waals surface area contributed by atoms with Gasteiger partial charge in [0.25, 0.3) is 5.91 Å². The number of rotatable bonds is 5. The predicted octanol–water partition coefficient (Wildman–Crippen LogP) is 4.29. The molecule has 6 nitrogen and oxygen atoms in total. The highest BCUT2D eigenvalue weighted by Gasteiger charge is 2.34. The van der Waals surface area contributed by atoms with Crippen LogP contribution >= 0.6 is 0 Å². The van der Waals surface area contributed by atoms with E-state index in [-0.39, 0.29) is 5.91 Å². The van der Waals surface area contributed by atoms with Gasteiger partial charge in [0.2, 0.25) is 0 Å². The normalized spacial score (nSPS) is 19.5. The smallest absolute Gasteiger partial charge is 0.289 e. The number of piperidine rings is 1. The van der Waals surface area contributed by atoms with Crippen molar-refractivity contribution in [3.8, 4) is 0 Å². The minimum Gasteiger partial charge on any atom is -0.451 e. The molecule has 6 heteroatoms. The van der Waals surface area contributed by atoms with Gasteiger partial charge in [0, 0.05) is 38.1 Å². The summed E-state index contributed by atoms with van der Waals surface area (Å²) in [6.45, 7) is 7.01. The molecule has 1 N–H and O–H groups in total. The van der Waals surface area contributed by atoms with E-state index in [0.717, 1.165) is 30.6 Å². The fourth-order valence-electron chi connectivity index (χ4n) is 4.96. The number of likely N-dealkylation sites (tertiary alicyclic amines) is 1. The summed E-state index contributed by atoms with van der Waals surface area (Å²) in [4.78, 5) is 16.9. The largest absolute Gasteiger partial charge is 0.451 e. The van der Waals surface area contributed by atoms with Gasteiger partial charge in [-0.25, -0.2) is 0 Å². The summed E-state index contributed by atoms with van der Waals surface area (Å²) in [5.74, 6) is 0.239. The Morgan fingerprint density at radius 1 is 1.03 bits per heavy atom. The van der Waals surface area contributed by atoms with Crippen molar-refractivity contribution < 1.29 is 19.1 Å². The molecule has 2 fully saturated rings. The third-order valence-electron chi connectivity index (χ3n) is 6.93. The number of hydrogen-bond donors (Lipinski definition) is 1. The molecular formula is C28H32N2O4. The molecule has 0 bridgehead atoms. The van der Waals surface area contributed by atoms with Gasteiger partial charge in [0.15, 0.2) is 5.76 Å². The third-order valence-corrected chi connectivity index (χ3v) is 6.93. The van der Waals surface area contributed by atoms with Crippen LogP contribution in [0.2, 0.25) is 0 Å². The average Bonchev–Trinajstić information content (AvgIpc) is 3.30. The Hall–Kier alpha value is -2.93. The zero-order chi connectivity index (χ0) is 23.5. The number of benzene rings is 2. The van der Waals surface area contributed by atoms with Crippen LogP contribution in [-0.2, 0) is 10.3 Å². The standard InChI is InChI=1S/C28H32N2O4/c1-21(17-22-5-3-2-4-6-22)20-29-11-9-28(32,10-12-29)24-7-8-25-23(18-24)19-26(34-25)27(31)30-13-15-33-16-14-30/h2-8,17-19,32H,9-16,20H2,1H3/b21-17+. The van der Waals surface area contributed by atoms with Gasteiger partial charge in [0.1, 0.15) is 5.58 Å². The molecule has 0 radical (unpaired) electrons. The lowest BCUT2D eigenvalue weighted by Crippen LogP contribution is -2.43. The second kappa shape index (κ2) is 9.74. The number of fused-ring (bicyclic) bond motifs is 1. The Morgan fingerprint density at radius 3 is 2.50 bits per heavy atom. The minimum absolute atomic E-state index is 0.105. The monoisotopic (exact) mass is 460 g/mol. The Labute approximate surface area is 200 Å². The Bertz CT molecular complexity index is 1170. The van der Waals surface area contributed by atoms with Crippen LogP contribution in [0.5, 0.6) is 0 Å². The number of nitrogens with zero attached hydrogens (tertiary/aromatic N) is 2. The van der Waals surface area contributed by atoms with E-state index in [1.165, 1.54) is 11.1 Å². The van der Waals surface area contributed by atoms with E-state index >= 15 is 0 Å². The molecule has 2 aliphatic heterocycles. The highest BCUT2D eigenvalue weighted by atomic mass is 16.5. The summed E-state index contributed by atoms with van der Waals surface area (Å²) in [6, 6.07) is 18.0. The maximum atomic E-state index is 12.8. The van der Waals surface area contributed by atoms with E-state index in [1.807, 2.05) is 24.3 Å². The fourth-order valence-corrected chi connectivity index (χ4v) is 4.96. The lowest BCUT2D eigenvalue weighted by atomic mass is 9.84. The van der Waals surface area contributed by atoms with Crippen molar-refractivity contribution >= 4 is 23.0 Å². The molecule has 0 spiro atoms. The molecular weight excluding hydrogens is 428 g/mol. The third kappa shape index (κ3) is 4.94. The number of carbonyl (C=O) groups excluding carboxylic acids is 1. The van der Waals surface area contributed by atoms with Gasteiger partial charge in [-0.2, -0.15) is 0 Å². The maximum Gasteiger partial charge on any atom is 0.289 e. The van der Waals surface area contributed by atoms with Crippen LogP contribution in [0.3, 0.4) is 0 Å².